The van der Waals surface area contributed by atoms with Crippen LogP contribution in [0.25, 0.3) is 22.9 Å². The van der Waals surface area contributed by atoms with Crippen LogP contribution in [0.5, 0.6) is 5.75 Å². The molecule has 150 valence electrons. The first-order valence-corrected chi connectivity index (χ1v) is 10.3. The predicted octanol–water partition coefficient (Wildman–Crippen LogP) is 4.81. The van der Waals surface area contributed by atoms with E-state index >= 15 is 0 Å². The van der Waals surface area contributed by atoms with Gasteiger partial charge in [-0.25, -0.2) is 4.52 Å². The maximum absolute atomic E-state index is 12.9. The quantitative estimate of drug-likeness (QED) is 0.588. The number of amides is 1. The molecular weight excluding hydrogens is 362 g/mol. The van der Waals surface area contributed by atoms with E-state index in [9.17, 15) is 4.79 Å². The van der Waals surface area contributed by atoms with Gasteiger partial charge in [-0.15, -0.1) is 0 Å². The highest BCUT2D eigenvalue weighted by atomic mass is 16.5. The molecule has 1 fully saturated rings. The topological polar surface area (TPSA) is 46.8 Å². The molecule has 1 aromatic carbocycles. The van der Waals surface area contributed by atoms with Crippen molar-refractivity contribution in [3.05, 3.63) is 60.3 Å². The van der Waals surface area contributed by atoms with Gasteiger partial charge in [0.15, 0.2) is 0 Å². The molecule has 3 heterocycles. The number of fused-ring (bicyclic) bond motifs is 1. The summed E-state index contributed by atoms with van der Waals surface area (Å²) in [6.45, 7) is 3.01. The van der Waals surface area contributed by atoms with Crippen molar-refractivity contribution in [2.75, 3.05) is 13.7 Å². The lowest BCUT2D eigenvalue weighted by atomic mass is 9.99. The molecule has 1 aliphatic heterocycles. The van der Waals surface area contributed by atoms with Crippen molar-refractivity contribution in [3.8, 4) is 17.0 Å². The Kier molecular flexibility index (Phi) is 5.65. The Balaban J connectivity index is 1.72. The van der Waals surface area contributed by atoms with E-state index in [1.165, 1.54) is 6.42 Å². The number of nitrogens with zero attached hydrogens (tertiary/aromatic N) is 3. The summed E-state index contributed by atoms with van der Waals surface area (Å²) in [7, 11) is 1.66. The second-order valence-corrected chi connectivity index (χ2v) is 7.45. The second-order valence-electron chi connectivity index (χ2n) is 7.45. The number of benzene rings is 1. The van der Waals surface area contributed by atoms with Crippen molar-refractivity contribution in [1.82, 2.24) is 14.5 Å². The van der Waals surface area contributed by atoms with E-state index in [1.54, 1.807) is 13.2 Å². The van der Waals surface area contributed by atoms with Gasteiger partial charge in [0.25, 0.3) is 0 Å². The van der Waals surface area contributed by atoms with Crippen LogP contribution in [0, 0.1) is 0 Å². The normalized spacial score (nSPS) is 17.2. The lowest BCUT2D eigenvalue weighted by Gasteiger charge is -2.34. The maximum Gasteiger partial charge on any atom is 0.246 e. The largest absolute Gasteiger partial charge is 0.497 e. The van der Waals surface area contributed by atoms with Crippen molar-refractivity contribution >= 4 is 17.5 Å². The summed E-state index contributed by atoms with van der Waals surface area (Å²) in [5.41, 5.74) is 3.71. The third-order valence-corrected chi connectivity index (χ3v) is 5.70. The maximum atomic E-state index is 12.9. The Morgan fingerprint density at radius 1 is 1.24 bits per heavy atom. The van der Waals surface area contributed by atoms with Gasteiger partial charge < -0.3 is 9.64 Å². The number of carbonyl (C=O) groups excluding carboxylic acids is 1. The molecule has 0 bridgehead atoms. The van der Waals surface area contributed by atoms with E-state index in [1.807, 2.05) is 64.2 Å². The first kappa shape index (κ1) is 19.2. The summed E-state index contributed by atoms with van der Waals surface area (Å²) in [5.74, 6) is 0.869. The van der Waals surface area contributed by atoms with Crippen LogP contribution in [0.4, 0.5) is 0 Å². The zero-order valence-electron chi connectivity index (χ0n) is 17.0. The summed E-state index contributed by atoms with van der Waals surface area (Å²) < 4.78 is 7.23. The molecule has 1 atom stereocenters. The fourth-order valence-corrected chi connectivity index (χ4v) is 4.13. The van der Waals surface area contributed by atoms with E-state index in [0.29, 0.717) is 6.04 Å². The number of ether oxygens (including phenoxy) is 1. The van der Waals surface area contributed by atoms with Crippen LogP contribution in [0.2, 0.25) is 0 Å². The highest BCUT2D eigenvalue weighted by molar-refractivity contribution is 5.95. The van der Waals surface area contributed by atoms with Crippen LogP contribution in [0.15, 0.2) is 54.7 Å². The van der Waals surface area contributed by atoms with E-state index in [4.69, 9.17) is 9.84 Å². The summed E-state index contributed by atoms with van der Waals surface area (Å²) in [6, 6.07) is 14.2. The van der Waals surface area contributed by atoms with Gasteiger partial charge in [0.1, 0.15) is 11.4 Å². The van der Waals surface area contributed by atoms with Gasteiger partial charge in [0.05, 0.1) is 12.6 Å². The van der Waals surface area contributed by atoms with E-state index in [2.05, 4.69) is 6.92 Å². The number of piperidine rings is 1. The molecular formula is C24H27N3O2. The van der Waals surface area contributed by atoms with Crippen LogP contribution in [-0.4, -0.2) is 40.1 Å². The number of aromatic nitrogens is 2. The number of hydrogen-bond donors (Lipinski definition) is 0. The zero-order chi connectivity index (χ0) is 20.2. The number of likely N-dealkylation sites (tertiary alicyclic amines) is 1. The molecule has 5 heteroatoms. The van der Waals surface area contributed by atoms with Gasteiger partial charge in [-0.3, -0.25) is 4.79 Å². The van der Waals surface area contributed by atoms with Crippen LogP contribution >= 0.6 is 0 Å². The standard InChI is InChI=1S/C24H27N3O2/c1-3-19-10-4-6-15-26(19)23(28)14-13-21-22-12-5-7-16-27(22)25-24(21)18-9-8-11-20(17-18)29-2/h5,7-9,11-14,16-17,19H,3-4,6,10,15H2,1-2H3. The number of carbonyl (C=O) groups is 1. The van der Waals surface area contributed by atoms with Gasteiger partial charge in [-0.1, -0.05) is 25.1 Å². The number of pyridine rings is 1. The minimum Gasteiger partial charge on any atom is -0.497 e. The molecule has 0 spiro atoms. The Bertz CT molecular complexity index is 1040. The molecule has 2 aromatic heterocycles. The van der Waals surface area contributed by atoms with Gasteiger partial charge in [0.2, 0.25) is 5.91 Å². The zero-order valence-corrected chi connectivity index (χ0v) is 17.0. The molecule has 3 aromatic rings. The Morgan fingerprint density at radius 2 is 2.14 bits per heavy atom. The molecule has 1 aliphatic rings. The SMILES string of the molecule is CCC1CCCCN1C(=O)C=Cc1c(-c2cccc(OC)c2)nn2ccccc12. The molecule has 0 aliphatic carbocycles. The highest BCUT2D eigenvalue weighted by Gasteiger charge is 2.24. The molecule has 0 radical (unpaired) electrons. The summed E-state index contributed by atoms with van der Waals surface area (Å²) >= 11 is 0. The fourth-order valence-electron chi connectivity index (χ4n) is 4.13. The van der Waals surface area contributed by atoms with Crippen molar-refractivity contribution in [2.45, 2.75) is 38.6 Å². The lowest BCUT2D eigenvalue weighted by Crippen LogP contribution is -2.42. The molecule has 0 saturated carbocycles. The number of methoxy groups -OCH3 is 1. The van der Waals surface area contributed by atoms with E-state index < -0.39 is 0 Å². The monoisotopic (exact) mass is 389 g/mol. The molecule has 29 heavy (non-hydrogen) atoms. The van der Waals surface area contributed by atoms with Gasteiger partial charge >= 0.3 is 0 Å². The minimum atomic E-state index is 0.0865. The molecule has 1 unspecified atom stereocenters. The van der Waals surface area contributed by atoms with E-state index in [-0.39, 0.29) is 5.91 Å². The van der Waals surface area contributed by atoms with Crippen LogP contribution in [0.3, 0.4) is 0 Å². The number of hydrogen-bond acceptors (Lipinski definition) is 3. The molecule has 5 nitrogen and oxygen atoms in total. The van der Waals surface area contributed by atoms with Crippen molar-refractivity contribution in [3.63, 3.8) is 0 Å². The Hall–Kier alpha value is -3.08. The van der Waals surface area contributed by atoms with Crippen LogP contribution in [0.1, 0.15) is 38.2 Å². The highest BCUT2D eigenvalue weighted by Crippen LogP contribution is 2.30. The van der Waals surface area contributed by atoms with Gasteiger partial charge in [-0.2, -0.15) is 5.10 Å². The second kappa shape index (κ2) is 8.52. The third kappa shape index (κ3) is 3.90. The Morgan fingerprint density at radius 3 is 2.97 bits per heavy atom. The minimum absolute atomic E-state index is 0.0865. The van der Waals surface area contributed by atoms with Crippen molar-refractivity contribution < 1.29 is 9.53 Å². The lowest BCUT2D eigenvalue weighted by molar-refractivity contribution is -0.129. The van der Waals surface area contributed by atoms with Gasteiger partial charge in [0, 0.05) is 36.0 Å². The van der Waals surface area contributed by atoms with Crippen LogP contribution in [-0.2, 0) is 4.79 Å². The first-order chi connectivity index (χ1) is 14.2. The van der Waals surface area contributed by atoms with Crippen LogP contribution < -0.4 is 4.74 Å². The Labute approximate surface area is 171 Å². The smallest absolute Gasteiger partial charge is 0.246 e. The first-order valence-electron chi connectivity index (χ1n) is 10.3. The van der Waals surface area contributed by atoms with Crippen molar-refractivity contribution in [2.24, 2.45) is 0 Å². The summed E-state index contributed by atoms with van der Waals surface area (Å²) in [4.78, 5) is 15.0. The average Bonchev–Trinajstić information content (AvgIpc) is 3.16. The fraction of sp³-hybridized carbons (Fsp3) is 0.333. The average molecular weight is 389 g/mol. The third-order valence-electron chi connectivity index (χ3n) is 5.70. The predicted molar refractivity (Wildman–Crippen MR) is 116 cm³/mol. The summed E-state index contributed by atoms with van der Waals surface area (Å²) in [5, 5.41) is 4.76. The molecule has 0 N–H and O–H groups in total. The van der Waals surface area contributed by atoms with Gasteiger partial charge in [-0.05, 0) is 56.0 Å². The molecule has 4 rings (SSSR count). The summed E-state index contributed by atoms with van der Waals surface area (Å²) in [6.07, 6.45) is 9.95. The number of rotatable bonds is 5. The molecule has 1 amide bonds. The van der Waals surface area contributed by atoms with E-state index in [0.717, 1.165) is 53.9 Å². The van der Waals surface area contributed by atoms with Crippen molar-refractivity contribution in [1.29, 1.82) is 0 Å². The molecule has 1 saturated heterocycles.